The Balaban J connectivity index is 1.39. The Morgan fingerprint density at radius 3 is 2.67 bits per heavy atom. The van der Waals surface area contributed by atoms with Gasteiger partial charge in [-0.2, -0.15) is 0 Å². The first-order valence-corrected chi connectivity index (χ1v) is 10.8. The molecule has 3 aliphatic heterocycles. The minimum atomic E-state index is -0.263. The van der Waals surface area contributed by atoms with Crippen LogP contribution in [-0.4, -0.2) is 69.9 Å². The predicted molar refractivity (Wildman–Crippen MR) is 104 cm³/mol. The van der Waals surface area contributed by atoms with Crippen molar-refractivity contribution >= 4 is 23.6 Å². The SMILES string of the molecule is C[C@@H](CN1C[C@@H]2C[C@H]1C(=O)N2[C@@H](C)c1ccc(F)cc1)C(=O)N1CCSC1. The second-order valence-corrected chi connectivity index (χ2v) is 8.95. The first kappa shape index (κ1) is 18.7. The zero-order chi connectivity index (χ0) is 19.1. The monoisotopic (exact) mass is 391 g/mol. The van der Waals surface area contributed by atoms with Crippen LogP contribution in [0.3, 0.4) is 0 Å². The van der Waals surface area contributed by atoms with Crippen molar-refractivity contribution in [1.29, 1.82) is 0 Å². The summed E-state index contributed by atoms with van der Waals surface area (Å²) in [5, 5.41) is 0. The van der Waals surface area contributed by atoms with Gasteiger partial charge < -0.3 is 9.80 Å². The second-order valence-electron chi connectivity index (χ2n) is 7.87. The van der Waals surface area contributed by atoms with Gasteiger partial charge in [0.05, 0.1) is 18.0 Å². The zero-order valence-electron chi connectivity index (χ0n) is 15.8. The molecule has 3 heterocycles. The number of amides is 2. The molecule has 3 fully saturated rings. The van der Waals surface area contributed by atoms with Crippen molar-refractivity contribution in [2.45, 2.75) is 38.4 Å². The quantitative estimate of drug-likeness (QED) is 0.773. The van der Waals surface area contributed by atoms with Crippen LogP contribution in [0.25, 0.3) is 0 Å². The summed E-state index contributed by atoms with van der Waals surface area (Å²) in [5.74, 6) is 1.80. The Labute approximate surface area is 163 Å². The molecule has 1 aromatic rings. The number of hydrogen-bond donors (Lipinski definition) is 0. The lowest BCUT2D eigenvalue weighted by atomic mass is 10.0. The van der Waals surface area contributed by atoms with Crippen LogP contribution in [0.1, 0.15) is 31.9 Å². The molecular weight excluding hydrogens is 365 g/mol. The molecule has 5 nitrogen and oxygen atoms in total. The molecule has 0 saturated carbocycles. The number of carbonyl (C=O) groups is 2. The molecule has 0 spiro atoms. The maximum atomic E-state index is 13.2. The Hall–Kier alpha value is -1.60. The molecule has 2 amide bonds. The van der Waals surface area contributed by atoms with E-state index in [0.717, 1.165) is 36.7 Å². The van der Waals surface area contributed by atoms with Gasteiger partial charge in [0.2, 0.25) is 11.8 Å². The van der Waals surface area contributed by atoms with Crippen molar-refractivity contribution < 1.29 is 14.0 Å². The third-order valence-electron chi connectivity index (χ3n) is 6.08. The summed E-state index contributed by atoms with van der Waals surface area (Å²) < 4.78 is 13.2. The summed E-state index contributed by atoms with van der Waals surface area (Å²) in [6, 6.07) is 6.39. The average molecular weight is 392 g/mol. The van der Waals surface area contributed by atoms with Gasteiger partial charge in [-0.15, -0.1) is 11.8 Å². The molecule has 4 atom stereocenters. The van der Waals surface area contributed by atoms with Crippen LogP contribution < -0.4 is 0 Å². The Morgan fingerprint density at radius 1 is 1.30 bits per heavy atom. The van der Waals surface area contributed by atoms with E-state index < -0.39 is 0 Å². The van der Waals surface area contributed by atoms with E-state index in [1.54, 1.807) is 23.9 Å². The topological polar surface area (TPSA) is 43.9 Å². The number of thioether (sulfide) groups is 1. The van der Waals surface area contributed by atoms with Crippen LogP contribution in [0.5, 0.6) is 0 Å². The summed E-state index contributed by atoms with van der Waals surface area (Å²) in [6.07, 6.45) is 0.824. The summed E-state index contributed by atoms with van der Waals surface area (Å²) in [6.45, 7) is 6.27. The molecule has 146 valence electrons. The Bertz CT molecular complexity index is 722. The van der Waals surface area contributed by atoms with E-state index in [1.165, 1.54) is 12.1 Å². The smallest absolute Gasteiger partial charge is 0.240 e. The van der Waals surface area contributed by atoms with Gasteiger partial charge in [0, 0.05) is 37.3 Å². The standard InChI is InChI=1S/C20H26FN3O2S/c1-13(19(25)22-7-8-27-12-22)10-23-11-17-9-18(23)20(26)24(17)14(2)15-3-5-16(21)6-4-15/h3-6,13-14,17-18H,7-12H2,1-2H3/t13-,14-,17-,18-/m0/s1. The normalized spacial score (nSPS) is 27.4. The molecule has 2 bridgehead atoms. The number of likely N-dealkylation sites (tertiary alicyclic amines) is 2. The minimum Gasteiger partial charge on any atom is -0.332 e. The minimum absolute atomic E-state index is 0.0593. The lowest BCUT2D eigenvalue weighted by Gasteiger charge is -2.38. The van der Waals surface area contributed by atoms with Crippen molar-refractivity contribution in [2.24, 2.45) is 5.92 Å². The summed E-state index contributed by atoms with van der Waals surface area (Å²) in [5.41, 5.74) is 0.957. The van der Waals surface area contributed by atoms with Crippen molar-refractivity contribution in [3.8, 4) is 0 Å². The number of fused-ring (bicyclic) bond motifs is 2. The molecule has 27 heavy (non-hydrogen) atoms. The third kappa shape index (κ3) is 3.47. The van der Waals surface area contributed by atoms with E-state index in [1.807, 2.05) is 23.6 Å². The highest BCUT2D eigenvalue weighted by Crippen LogP contribution is 2.38. The van der Waals surface area contributed by atoms with Gasteiger partial charge in [0.1, 0.15) is 5.82 Å². The van der Waals surface area contributed by atoms with E-state index in [-0.39, 0.29) is 41.7 Å². The van der Waals surface area contributed by atoms with E-state index in [0.29, 0.717) is 6.54 Å². The molecule has 0 aliphatic carbocycles. The van der Waals surface area contributed by atoms with E-state index in [9.17, 15) is 14.0 Å². The Kier molecular flexibility index (Phi) is 5.16. The number of halogens is 1. The number of rotatable bonds is 5. The first-order chi connectivity index (χ1) is 13.0. The summed E-state index contributed by atoms with van der Waals surface area (Å²) in [4.78, 5) is 31.6. The van der Waals surface area contributed by atoms with Crippen molar-refractivity contribution in [3.05, 3.63) is 35.6 Å². The number of carbonyl (C=O) groups excluding carboxylic acids is 2. The van der Waals surface area contributed by atoms with Crippen molar-refractivity contribution in [2.75, 3.05) is 31.3 Å². The Morgan fingerprint density at radius 2 is 2.04 bits per heavy atom. The molecule has 0 N–H and O–H groups in total. The number of benzene rings is 1. The predicted octanol–water partition coefficient (Wildman–Crippen LogP) is 2.34. The second kappa shape index (κ2) is 7.43. The van der Waals surface area contributed by atoms with E-state index >= 15 is 0 Å². The molecule has 1 aromatic carbocycles. The zero-order valence-corrected chi connectivity index (χ0v) is 16.6. The van der Waals surface area contributed by atoms with Gasteiger partial charge in [-0.25, -0.2) is 4.39 Å². The highest BCUT2D eigenvalue weighted by molar-refractivity contribution is 7.99. The summed E-state index contributed by atoms with van der Waals surface area (Å²) >= 11 is 1.79. The molecule has 0 unspecified atom stereocenters. The average Bonchev–Trinajstić information content (AvgIpc) is 3.37. The largest absolute Gasteiger partial charge is 0.332 e. The lowest BCUT2D eigenvalue weighted by molar-refractivity contribution is -0.141. The fourth-order valence-electron chi connectivity index (χ4n) is 4.63. The molecule has 0 radical (unpaired) electrons. The highest BCUT2D eigenvalue weighted by atomic mass is 32.2. The molecule has 3 saturated heterocycles. The van der Waals surface area contributed by atoms with Crippen LogP contribution in [0.2, 0.25) is 0 Å². The van der Waals surface area contributed by atoms with Gasteiger partial charge in [-0.05, 0) is 31.0 Å². The number of piperazine rings is 1. The molecule has 0 aromatic heterocycles. The van der Waals surface area contributed by atoms with Gasteiger partial charge in [-0.3, -0.25) is 14.5 Å². The number of hydrogen-bond acceptors (Lipinski definition) is 4. The van der Waals surface area contributed by atoms with Crippen LogP contribution in [0, 0.1) is 11.7 Å². The van der Waals surface area contributed by atoms with E-state index in [4.69, 9.17) is 0 Å². The molecular formula is C20H26FN3O2S. The first-order valence-electron chi connectivity index (χ1n) is 9.64. The maximum absolute atomic E-state index is 13.2. The van der Waals surface area contributed by atoms with Crippen LogP contribution >= 0.6 is 11.8 Å². The highest BCUT2D eigenvalue weighted by Gasteiger charge is 2.51. The summed E-state index contributed by atoms with van der Waals surface area (Å²) in [7, 11) is 0. The van der Waals surface area contributed by atoms with Crippen LogP contribution in [0.4, 0.5) is 4.39 Å². The van der Waals surface area contributed by atoms with Crippen LogP contribution in [-0.2, 0) is 9.59 Å². The van der Waals surface area contributed by atoms with Gasteiger partial charge in [-0.1, -0.05) is 19.1 Å². The molecule has 4 rings (SSSR count). The number of nitrogens with zero attached hydrogens (tertiary/aromatic N) is 3. The fourth-order valence-corrected chi connectivity index (χ4v) is 5.59. The molecule has 7 heteroatoms. The lowest BCUT2D eigenvalue weighted by Crippen LogP contribution is -2.52. The van der Waals surface area contributed by atoms with Gasteiger partial charge >= 0.3 is 0 Å². The third-order valence-corrected chi connectivity index (χ3v) is 7.04. The van der Waals surface area contributed by atoms with Crippen molar-refractivity contribution in [3.63, 3.8) is 0 Å². The van der Waals surface area contributed by atoms with E-state index in [2.05, 4.69) is 4.90 Å². The van der Waals surface area contributed by atoms with Crippen molar-refractivity contribution in [1.82, 2.24) is 14.7 Å². The van der Waals surface area contributed by atoms with Gasteiger partial charge in [0.15, 0.2) is 0 Å². The molecule has 3 aliphatic rings. The van der Waals surface area contributed by atoms with Gasteiger partial charge in [0.25, 0.3) is 0 Å². The maximum Gasteiger partial charge on any atom is 0.240 e. The fraction of sp³-hybridized carbons (Fsp3) is 0.600. The van der Waals surface area contributed by atoms with Crippen LogP contribution in [0.15, 0.2) is 24.3 Å².